The van der Waals surface area contributed by atoms with Gasteiger partial charge >= 0.3 is 23.9 Å². The van der Waals surface area contributed by atoms with Crippen LogP contribution in [-0.2, 0) is 14.4 Å². The number of furan rings is 1. The highest BCUT2D eigenvalue weighted by Crippen LogP contribution is 2.37. The molecule has 0 aliphatic carbocycles. The Balaban J connectivity index is 2.10. The first-order valence-corrected chi connectivity index (χ1v) is 8.44. The van der Waals surface area contributed by atoms with Crippen LogP contribution < -0.4 is 9.64 Å². The van der Waals surface area contributed by atoms with E-state index in [4.69, 9.17) is 34.0 Å². The average molecular weight is 434 g/mol. The van der Waals surface area contributed by atoms with E-state index in [-0.39, 0.29) is 28.7 Å². The Morgan fingerprint density at radius 2 is 1.61 bits per heavy atom. The van der Waals surface area contributed by atoms with Crippen LogP contribution >= 0.6 is 0 Å². The normalized spacial score (nSPS) is 10.7. The van der Waals surface area contributed by atoms with E-state index in [0.29, 0.717) is 5.39 Å². The predicted octanol–water partition coefficient (Wildman–Crippen LogP) is 1.22. The van der Waals surface area contributed by atoms with Gasteiger partial charge in [-0.2, -0.15) is 0 Å². The fourth-order valence-electron chi connectivity index (χ4n) is 2.70. The number of carbonyl (C=O) groups is 4. The number of carboxylic acid groups (broad SMARTS) is 4. The molecule has 13 heteroatoms. The van der Waals surface area contributed by atoms with Crippen molar-refractivity contribution in [2.45, 2.75) is 0 Å². The van der Waals surface area contributed by atoms with Gasteiger partial charge in [0, 0.05) is 11.5 Å². The average Bonchev–Trinajstić information content (AvgIpc) is 3.30. The lowest BCUT2D eigenvalue weighted by Gasteiger charge is -2.23. The summed E-state index contributed by atoms with van der Waals surface area (Å²) in [6, 6.07) is 4.03. The standard InChI is InChI=1S/C18H14N2O11/c21-14(22)5-20(6-15(23)24)9-3-10-8(1-11(9)29-7-16(25)26)2-12(30-10)17-19-4-13(31-17)18(27)28/h1-4H,5-7H2,(H,21,22)(H,23,24)(H,25,26)(H,27,28). The Hall–Kier alpha value is -4.55. The molecule has 2 aromatic heterocycles. The van der Waals surface area contributed by atoms with E-state index < -0.39 is 49.3 Å². The number of fused-ring (bicyclic) bond motifs is 1. The fourth-order valence-corrected chi connectivity index (χ4v) is 2.70. The van der Waals surface area contributed by atoms with Gasteiger partial charge in [-0.15, -0.1) is 0 Å². The Labute approximate surface area is 171 Å². The number of aromatic nitrogens is 1. The number of aromatic carboxylic acids is 1. The van der Waals surface area contributed by atoms with E-state index in [2.05, 4.69) is 4.98 Å². The second-order valence-corrected chi connectivity index (χ2v) is 6.13. The molecule has 3 rings (SSSR count). The number of aliphatic carboxylic acids is 3. The van der Waals surface area contributed by atoms with Crippen LogP contribution in [-0.4, -0.2) is 69.0 Å². The number of rotatable bonds is 10. The number of benzene rings is 1. The van der Waals surface area contributed by atoms with Crippen molar-refractivity contribution in [2.24, 2.45) is 0 Å². The molecule has 0 radical (unpaired) electrons. The van der Waals surface area contributed by atoms with Crippen molar-refractivity contribution in [3.8, 4) is 17.4 Å². The van der Waals surface area contributed by atoms with Gasteiger partial charge in [-0.05, 0) is 12.1 Å². The van der Waals surface area contributed by atoms with Crippen molar-refractivity contribution >= 4 is 40.5 Å². The monoisotopic (exact) mass is 434 g/mol. The van der Waals surface area contributed by atoms with Crippen LogP contribution in [0, 0.1) is 0 Å². The smallest absolute Gasteiger partial charge is 0.373 e. The predicted molar refractivity (Wildman–Crippen MR) is 99.3 cm³/mol. The lowest BCUT2D eigenvalue weighted by atomic mass is 10.2. The van der Waals surface area contributed by atoms with E-state index >= 15 is 0 Å². The number of anilines is 1. The van der Waals surface area contributed by atoms with Gasteiger partial charge in [-0.1, -0.05) is 0 Å². The number of hydrogen-bond acceptors (Lipinski definition) is 9. The minimum Gasteiger partial charge on any atom is -0.480 e. The Morgan fingerprint density at radius 1 is 0.935 bits per heavy atom. The molecule has 0 atom stereocenters. The molecular formula is C18H14N2O11. The van der Waals surface area contributed by atoms with Gasteiger partial charge in [0.25, 0.3) is 5.89 Å². The second-order valence-electron chi connectivity index (χ2n) is 6.13. The number of carboxylic acids is 4. The summed E-state index contributed by atoms with van der Waals surface area (Å²) in [4.78, 5) is 49.0. The van der Waals surface area contributed by atoms with E-state index in [1.165, 1.54) is 18.2 Å². The first-order valence-electron chi connectivity index (χ1n) is 8.44. The highest BCUT2D eigenvalue weighted by atomic mass is 16.5. The molecule has 3 aromatic rings. The number of hydrogen-bond donors (Lipinski definition) is 4. The molecule has 13 nitrogen and oxygen atoms in total. The van der Waals surface area contributed by atoms with E-state index in [1.54, 1.807) is 0 Å². The zero-order chi connectivity index (χ0) is 22.7. The zero-order valence-corrected chi connectivity index (χ0v) is 15.5. The van der Waals surface area contributed by atoms with Gasteiger partial charge in [0.2, 0.25) is 5.76 Å². The Bertz CT molecular complexity index is 1160. The summed E-state index contributed by atoms with van der Waals surface area (Å²) in [5.41, 5.74) is 0.113. The third-order valence-corrected chi connectivity index (χ3v) is 3.87. The van der Waals surface area contributed by atoms with Crippen molar-refractivity contribution < 1.29 is 53.2 Å². The highest BCUT2D eigenvalue weighted by Gasteiger charge is 2.22. The lowest BCUT2D eigenvalue weighted by molar-refractivity contribution is -0.140. The molecule has 0 bridgehead atoms. The first-order chi connectivity index (χ1) is 14.6. The minimum absolute atomic E-state index is 0.0296. The molecule has 162 valence electrons. The molecule has 0 spiro atoms. The molecule has 4 N–H and O–H groups in total. The number of nitrogens with zero attached hydrogens (tertiary/aromatic N) is 2. The van der Waals surface area contributed by atoms with Crippen LogP contribution in [0.25, 0.3) is 22.6 Å². The Kier molecular flexibility index (Phi) is 5.76. The van der Waals surface area contributed by atoms with Crippen LogP contribution in [0.15, 0.2) is 33.2 Å². The Morgan fingerprint density at radius 3 is 2.16 bits per heavy atom. The molecule has 0 saturated heterocycles. The first kappa shape index (κ1) is 21.2. The zero-order valence-electron chi connectivity index (χ0n) is 15.5. The van der Waals surface area contributed by atoms with Crippen molar-refractivity contribution in [3.63, 3.8) is 0 Å². The summed E-state index contributed by atoms with van der Waals surface area (Å²) in [5, 5.41) is 36.4. The van der Waals surface area contributed by atoms with E-state index in [1.807, 2.05) is 0 Å². The molecule has 0 fully saturated rings. The SMILES string of the molecule is O=C(O)COc1cc2cc(-c3ncc(C(=O)O)o3)oc2cc1N(CC(=O)O)CC(=O)O. The number of oxazole rings is 1. The molecule has 1 aromatic carbocycles. The summed E-state index contributed by atoms with van der Waals surface area (Å²) < 4.78 is 15.9. The van der Waals surface area contributed by atoms with Crippen molar-refractivity contribution in [2.75, 3.05) is 24.6 Å². The van der Waals surface area contributed by atoms with Crippen LogP contribution in [0.4, 0.5) is 5.69 Å². The summed E-state index contributed by atoms with van der Waals surface area (Å²) >= 11 is 0. The molecular weight excluding hydrogens is 420 g/mol. The molecule has 31 heavy (non-hydrogen) atoms. The quantitative estimate of drug-likeness (QED) is 0.355. The maximum atomic E-state index is 11.2. The summed E-state index contributed by atoms with van der Waals surface area (Å²) in [6.07, 6.45) is 0.985. The second kappa shape index (κ2) is 8.44. The highest BCUT2D eigenvalue weighted by molar-refractivity contribution is 5.90. The van der Waals surface area contributed by atoms with E-state index in [0.717, 1.165) is 11.1 Å². The largest absolute Gasteiger partial charge is 0.480 e. The van der Waals surface area contributed by atoms with Gasteiger partial charge in [-0.3, -0.25) is 9.59 Å². The third kappa shape index (κ3) is 4.90. The molecule has 0 unspecified atom stereocenters. The van der Waals surface area contributed by atoms with Crippen molar-refractivity contribution in [1.82, 2.24) is 4.98 Å². The molecule has 0 amide bonds. The fraction of sp³-hybridized carbons (Fsp3) is 0.167. The molecule has 0 aliphatic rings. The molecule has 0 saturated carbocycles. The molecule has 2 heterocycles. The number of ether oxygens (including phenoxy) is 1. The summed E-state index contributed by atoms with van der Waals surface area (Å²) in [6.45, 7) is -2.19. The van der Waals surface area contributed by atoms with Gasteiger partial charge in [-0.25, -0.2) is 14.6 Å². The maximum absolute atomic E-state index is 11.2. The van der Waals surface area contributed by atoms with Gasteiger partial charge < -0.3 is 38.9 Å². The summed E-state index contributed by atoms with van der Waals surface area (Å²) in [7, 11) is 0. The van der Waals surface area contributed by atoms with Crippen molar-refractivity contribution in [3.05, 3.63) is 30.2 Å². The third-order valence-electron chi connectivity index (χ3n) is 3.87. The minimum atomic E-state index is -1.33. The van der Waals surface area contributed by atoms with Crippen LogP contribution in [0.3, 0.4) is 0 Å². The van der Waals surface area contributed by atoms with Gasteiger partial charge in [0.1, 0.15) is 24.4 Å². The topological polar surface area (TPSA) is 201 Å². The van der Waals surface area contributed by atoms with Crippen LogP contribution in [0.1, 0.15) is 10.6 Å². The summed E-state index contributed by atoms with van der Waals surface area (Å²) in [5.74, 6) is -5.91. The van der Waals surface area contributed by atoms with Crippen LogP contribution in [0.5, 0.6) is 5.75 Å². The van der Waals surface area contributed by atoms with Gasteiger partial charge in [0.15, 0.2) is 12.4 Å². The maximum Gasteiger partial charge on any atom is 0.373 e. The van der Waals surface area contributed by atoms with Gasteiger partial charge in [0.05, 0.1) is 11.9 Å². The van der Waals surface area contributed by atoms with Crippen LogP contribution in [0.2, 0.25) is 0 Å². The van der Waals surface area contributed by atoms with E-state index in [9.17, 15) is 19.2 Å². The molecule has 0 aliphatic heterocycles. The van der Waals surface area contributed by atoms with Crippen molar-refractivity contribution in [1.29, 1.82) is 0 Å². The lowest BCUT2D eigenvalue weighted by Crippen LogP contribution is -2.34.